The molecule has 2 aliphatic rings. The zero-order chi connectivity index (χ0) is 20.9. The number of aromatic nitrogens is 2. The molecule has 1 N–H and O–H groups in total. The van der Waals surface area contributed by atoms with Crippen LogP contribution in [-0.4, -0.2) is 44.7 Å². The third-order valence-corrected chi connectivity index (χ3v) is 6.38. The minimum Gasteiger partial charge on any atom is -0.348 e. The molecule has 2 aliphatic heterocycles. The van der Waals surface area contributed by atoms with Gasteiger partial charge in [0.05, 0.1) is 10.6 Å². The van der Waals surface area contributed by atoms with Crippen LogP contribution in [0.1, 0.15) is 41.2 Å². The molecule has 8 heteroatoms. The largest absolute Gasteiger partial charge is 0.348 e. The van der Waals surface area contributed by atoms with Crippen LogP contribution in [0.25, 0.3) is 5.65 Å². The highest BCUT2D eigenvalue weighted by molar-refractivity contribution is 6.30. The molecule has 2 amide bonds. The highest BCUT2D eigenvalue weighted by Gasteiger charge is 2.51. The van der Waals surface area contributed by atoms with Crippen molar-refractivity contribution in [1.29, 1.82) is 0 Å². The van der Waals surface area contributed by atoms with Gasteiger partial charge in [0, 0.05) is 37.8 Å². The summed E-state index contributed by atoms with van der Waals surface area (Å²) in [6.45, 7) is 0.639. The number of hydrogen-bond acceptors (Lipinski definition) is 3. The maximum atomic E-state index is 14.7. The van der Waals surface area contributed by atoms with Crippen molar-refractivity contribution in [2.45, 2.75) is 30.7 Å². The van der Waals surface area contributed by atoms with E-state index >= 15 is 0 Å². The summed E-state index contributed by atoms with van der Waals surface area (Å²) < 4.78 is 16.4. The van der Waals surface area contributed by atoms with Crippen molar-refractivity contribution in [2.24, 2.45) is 0 Å². The van der Waals surface area contributed by atoms with Crippen molar-refractivity contribution >= 4 is 29.1 Å². The zero-order valence-corrected chi connectivity index (χ0v) is 16.9. The molecule has 0 saturated carbocycles. The maximum absolute atomic E-state index is 14.7. The van der Waals surface area contributed by atoms with Gasteiger partial charge >= 0.3 is 0 Å². The Kier molecular flexibility index (Phi) is 4.50. The third kappa shape index (κ3) is 3.13. The normalized spacial score (nSPS) is 23.9. The van der Waals surface area contributed by atoms with E-state index in [0.717, 1.165) is 0 Å². The molecule has 3 aromatic rings. The van der Waals surface area contributed by atoms with Crippen LogP contribution in [0, 0.1) is 5.82 Å². The Morgan fingerprint density at radius 3 is 2.87 bits per heavy atom. The predicted octanol–water partition coefficient (Wildman–Crippen LogP) is 3.41. The molecule has 1 aromatic carbocycles. The zero-order valence-electron chi connectivity index (χ0n) is 16.1. The van der Waals surface area contributed by atoms with Gasteiger partial charge < -0.3 is 14.6 Å². The van der Waals surface area contributed by atoms with Crippen LogP contribution >= 0.6 is 11.6 Å². The third-order valence-electron chi connectivity index (χ3n) is 6.16. The number of nitrogens with one attached hydrogen (secondary N) is 1. The van der Waals surface area contributed by atoms with E-state index in [4.69, 9.17) is 11.6 Å². The Morgan fingerprint density at radius 1 is 1.23 bits per heavy atom. The van der Waals surface area contributed by atoms with Crippen molar-refractivity contribution in [3.8, 4) is 0 Å². The Labute approximate surface area is 177 Å². The molecule has 2 atom stereocenters. The molecular formula is C22H20ClFN4O2. The molecule has 154 valence electrons. The number of hydrogen-bond donors (Lipinski definition) is 1. The minimum atomic E-state index is -0.671. The van der Waals surface area contributed by atoms with E-state index in [1.807, 2.05) is 0 Å². The van der Waals surface area contributed by atoms with Gasteiger partial charge in [-0.1, -0.05) is 29.8 Å². The van der Waals surface area contributed by atoms with E-state index in [9.17, 15) is 14.0 Å². The van der Waals surface area contributed by atoms with Crippen LogP contribution in [0.2, 0.25) is 5.02 Å². The molecule has 0 bridgehead atoms. The Balaban J connectivity index is 1.51. The summed E-state index contributed by atoms with van der Waals surface area (Å²) in [5.41, 5.74) is 0.768. The standard InChI is InChI=1S/C22H20ClFN4O2/c23-14-7-8-19-25-18(12-27(19)10-14)21(30)28-11-16(15-4-1-2-5-17(15)24)22(13-28)9-3-6-20(29)26-22/h1-2,4-5,7-8,10,12,16H,3,6,9,11,13H2,(H,26,29)/t16-,22+/m0/s1. The van der Waals surface area contributed by atoms with Gasteiger partial charge in [-0.2, -0.15) is 0 Å². The molecule has 4 heterocycles. The van der Waals surface area contributed by atoms with Crippen molar-refractivity contribution < 1.29 is 14.0 Å². The van der Waals surface area contributed by atoms with Gasteiger partial charge in [0.2, 0.25) is 5.91 Å². The first-order chi connectivity index (χ1) is 14.4. The van der Waals surface area contributed by atoms with Crippen LogP contribution < -0.4 is 5.32 Å². The maximum Gasteiger partial charge on any atom is 0.274 e. The van der Waals surface area contributed by atoms with E-state index in [-0.39, 0.29) is 23.5 Å². The molecule has 5 rings (SSSR count). The molecule has 0 radical (unpaired) electrons. The molecule has 6 nitrogen and oxygen atoms in total. The van der Waals surface area contributed by atoms with Crippen molar-refractivity contribution in [1.82, 2.24) is 19.6 Å². The quantitative estimate of drug-likeness (QED) is 0.683. The number of fused-ring (bicyclic) bond motifs is 1. The van der Waals surface area contributed by atoms with Gasteiger partial charge in [-0.25, -0.2) is 9.37 Å². The highest BCUT2D eigenvalue weighted by atomic mass is 35.5. The second-order valence-corrected chi connectivity index (χ2v) is 8.49. The number of carbonyl (C=O) groups is 2. The average Bonchev–Trinajstić information content (AvgIpc) is 3.29. The molecule has 2 saturated heterocycles. The van der Waals surface area contributed by atoms with Crippen LogP contribution in [0.3, 0.4) is 0 Å². The highest BCUT2D eigenvalue weighted by Crippen LogP contribution is 2.42. The van der Waals surface area contributed by atoms with Gasteiger partial charge in [-0.3, -0.25) is 9.59 Å². The number of nitrogens with zero attached hydrogens (tertiary/aromatic N) is 3. The number of pyridine rings is 1. The number of rotatable bonds is 2. The topological polar surface area (TPSA) is 66.7 Å². The van der Waals surface area contributed by atoms with Gasteiger partial charge in [-0.05, 0) is 36.6 Å². The molecule has 30 heavy (non-hydrogen) atoms. The number of benzene rings is 1. The molecule has 1 spiro atoms. The summed E-state index contributed by atoms with van der Waals surface area (Å²) in [5.74, 6) is -0.941. The van der Waals surface area contributed by atoms with Crippen LogP contribution in [0.5, 0.6) is 0 Å². The Morgan fingerprint density at radius 2 is 2.07 bits per heavy atom. The van der Waals surface area contributed by atoms with Crippen LogP contribution in [-0.2, 0) is 4.79 Å². The van der Waals surface area contributed by atoms with Crippen molar-refractivity contribution in [2.75, 3.05) is 13.1 Å². The smallest absolute Gasteiger partial charge is 0.274 e. The predicted molar refractivity (Wildman–Crippen MR) is 110 cm³/mol. The number of halogens is 2. The summed E-state index contributed by atoms with van der Waals surface area (Å²) in [6.07, 6.45) is 5.20. The monoisotopic (exact) mass is 426 g/mol. The fraction of sp³-hybridized carbons (Fsp3) is 0.318. The number of carbonyl (C=O) groups excluding carboxylic acids is 2. The van der Waals surface area contributed by atoms with E-state index in [1.54, 1.807) is 52.0 Å². The second kappa shape index (κ2) is 7.09. The lowest BCUT2D eigenvalue weighted by atomic mass is 9.76. The number of amides is 2. The summed E-state index contributed by atoms with van der Waals surface area (Å²) in [6, 6.07) is 10.0. The average molecular weight is 427 g/mol. The van der Waals surface area contributed by atoms with E-state index < -0.39 is 5.54 Å². The number of piperidine rings is 1. The molecule has 2 fully saturated rings. The number of likely N-dealkylation sites (tertiary alicyclic amines) is 1. The fourth-order valence-corrected chi connectivity index (χ4v) is 4.96. The van der Waals surface area contributed by atoms with Crippen LogP contribution in [0.4, 0.5) is 4.39 Å². The van der Waals surface area contributed by atoms with Gasteiger partial charge in [0.1, 0.15) is 17.2 Å². The Hall–Kier alpha value is -2.93. The number of imidazole rings is 1. The van der Waals surface area contributed by atoms with Crippen molar-refractivity contribution in [3.63, 3.8) is 0 Å². The fourth-order valence-electron chi connectivity index (χ4n) is 4.80. The summed E-state index contributed by atoms with van der Waals surface area (Å²) >= 11 is 6.03. The van der Waals surface area contributed by atoms with E-state index in [0.29, 0.717) is 54.3 Å². The van der Waals surface area contributed by atoms with E-state index in [1.165, 1.54) is 6.07 Å². The van der Waals surface area contributed by atoms with E-state index in [2.05, 4.69) is 10.3 Å². The first-order valence-corrected chi connectivity index (χ1v) is 10.3. The SMILES string of the molecule is O=C1CCC[C@]2(CN(C(=O)c3cn4cc(Cl)ccc4n3)C[C@H]2c2ccccc2F)N1. The lowest BCUT2D eigenvalue weighted by molar-refractivity contribution is -0.125. The van der Waals surface area contributed by atoms with Gasteiger partial charge in [0.15, 0.2) is 0 Å². The van der Waals surface area contributed by atoms with Crippen molar-refractivity contribution in [3.05, 3.63) is 70.9 Å². The first-order valence-electron chi connectivity index (χ1n) is 9.94. The van der Waals surface area contributed by atoms with Crippen LogP contribution in [0.15, 0.2) is 48.8 Å². The molecule has 0 aliphatic carbocycles. The Bertz CT molecular complexity index is 1160. The van der Waals surface area contributed by atoms with Gasteiger partial charge in [-0.15, -0.1) is 0 Å². The minimum absolute atomic E-state index is 0.0562. The summed E-state index contributed by atoms with van der Waals surface area (Å²) in [7, 11) is 0. The lowest BCUT2D eigenvalue weighted by Crippen LogP contribution is -2.56. The molecule has 0 unspecified atom stereocenters. The summed E-state index contributed by atoms with van der Waals surface area (Å²) in [5, 5.41) is 3.64. The van der Waals surface area contributed by atoms with Gasteiger partial charge in [0.25, 0.3) is 5.91 Å². The first kappa shape index (κ1) is 19.1. The second-order valence-electron chi connectivity index (χ2n) is 8.06. The molecule has 2 aromatic heterocycles. The summed E-state index contributed by atoms with van der Waals surface area (Å²) in [4.78, 5) is 31.6. The lowest BCUT2D eigenvalue weighted by Gasteiger charge is -2.39. The molecular weight excluding hydrogens is 407 g/mol.